The molecule has 0 aromatic heterocycles. The number of esters is 1. The largest absolute Gasteiger partial charge is 0.496 e. The van der Waals surface area contributed by atoms with Crippen LogP contribution in [0.5, 0.6) is 0 Å². The zero-order valence-corrected chi connectivity index (χ0v) is 11.3. The van der Waals surface area contributed by atoms with Gasteiger partial charge in [0, 0.05) is 17.6 Å². The van der Waals surface area contributed by atoms with Crippen molar-refractivity contribution < 1.29 is 19.1 Å². The van der Waals surface area contributed by atoms with Gasteiger partial charge in [-0.15, -0.1) is 0 Å². The molecule has 1 aromatic carbocycles. The summed E-state index contributed by atoms with van der Waals surface area (Å²) in [5.41, 5.74) is 0.552. The summed E-state index contributed by atoms with van der Waals surface area (Å²) in [6, 6.07) is 9.09. The molecule has 0 N–H and O–H groups in total. The Labute approximate surface area is 117 Å². The molecule has 4 heteroatoms. The van der Waals surface area contributed by atoms with E-state index in [1.54, 1.807) is 12.1 Å². The molecule has 0 atom stereocenters. The number of ether oxygens (including phenoxy) is 2. The second kappa shape index (κ2) is 4.78. The van der Waals surface area contributed by atoms with Gasteiger partial charge in [-0.25, -0.2) is 0 Å². The third kappa shape index (κ3) is 1.92. The molecule has 20 heavy (non-hydrogen) atoms. The number of carbonyl (C=O) groups is 2. The lowest BCUT2D eigenvalue weighted by molar-refractivity contribution is -0.146. The molecule has 4 nitrogen and oxygen atoms in total. The number of hydrogen-bond acceptors (Lipinski definition) is 4. The topological polar surface area (TPSA) is 52.6 Å². The highest BCUT2D eigenvalue weighted by atomic mass is 16.5. The molecule has 0 bridgehead atoms. The van der Waals surface area contributed by atoms with Crippen molar-refractivity contribution in [3.8, 4) is 0 Å². The van der Waals surface area contributed by atoms with Crippen molar-refractivity contribution in [2.75, 3.05) is 13.7 Å². The molecular formula is C16H16O4. The Balaban J connectivity index is 1.97. The average Bonchev–Trinajstić information content (AvgIpc) is 3.16. The molecule has 1 fully saturated rings. The highest BCUT2D eigenvalue weighted by Gasteiger charge is 2.58. The summed E-state index contributed by atoms with van der Waals surface area (Å²) in [5.74, 6) is 0.194. The predicted octanol–water partition coefficient (Wildman–Crippen LogP) is 2.50. The molecule has 1 aliphatic heterocycles. The van der Waals surface area contributed by atoms with Crippen molar-refractivity contribution in [3.05, 3.63) is 47.2 Å². The molecule has 1 aliphatic carbocycles. The standard InChI is InChI=1S/C16H16O4/c1-19-15(18)16(8-9-16)14-12(7-10-20-14)13(17)11-5-3-2-4-6-11/h2-6H,7-10H2,1H3. The lowest BCUT2D eigenvalue weighted by Crippen LogP contribution is -2.22. The number of hydrogen-bond donors (Lipinski definition) is 0. The van der Waals surface area contributed by atoms with Gasteiger partial charge in [0.05, 0.1) is 13.7 Å². The number of rotatable bonds is 4. The van der Waals surface area contributed by atoms with E-state index in [4.69, 9.17) is 9.47 Å². The summed E-state index contributed by atoms with van der Waals surface area (Å²) in [5, 5.41) is 0. The number of Topliss-reactive ketones (excluding diaryl/α,β-unsaturated/α-hetero) is 1. The minimum atomic E-state index is -0.703. The first-order chi connectivity index (χ1) is 9.69. The Morgan fingerprint density at radius 2 is 1.90 bits per heavy atom. The van der Waals surface area contributed by atoms with Crippen LogP contribution in [0.4, 0.5) is 0 Å². The Morgan fingerprint density at radius 3 is 2.50 bits per heavy atom. The quantitative estimate of drug-likeness (QED) is 0.624. The van der Waals surface area contributed by atoms with Gasteiger partial charge in [-0.2, -0.15) is 0 Å². The minimum Gasteiger partial charge on any atom is -0.496 e. The van der Waals surface area contributed by atoms with E-state index in [0.717, 1.165) is 0 Å². The molecule has 104 valence electrons. The third-order valence-corrected chi connectivity index (χ3v) is 3.94. The van der Waals surface area contributed by atoms with Crippen molar-refractivity contribution >= 4 is 11.8 Å². The molecule has 0 amide bonds. The summed E-state index contributed by atoms with van der Waals surface area (Å²) >= 11 is 0. The van der Waals surface area contributed by atoms with Crippen LogP contribution in [-0.4, -0.2) is 25.5 Å². The van der Waals surface area contributed by atoms with Crippen LogP contribution in [0.15, 0.2) is 41.7 Å². The lowest BCUT2D eigenvalue weighted by Gasteiger charge is -2.15. The van der Waals surface area contributed by atoms with Gasteiger partial charge in [-0.05, 0) is 12.8 Å². The molecule has 1 heterocycles. The summed E-state index contributed by atoms with van der Waals surface area (Å²) in [6.07, 6.45) is 1.95. The maximum absolute atomic E-state index is 12.6. The first-order valence-corrected chi connectivity index (χ1v) is 6.73. The summed E-state index contributed by atoms with van der Waals surface area (Å²) in [7, 11) is 1.37. The maximum atomic E-state index is 12.6. The zero-order chi connectivity index (χ0) is 14.2. The van der Waals surface area contributed by atoms with Gasteiger partial charge in [-0.1, -0.05) is 30.3 Å². The fraction of sp³-hybridized carbons (Fsp3) is 0.375. The van der Waals surface area contributed by atoms with Gasteiger partial charge in [0.25, 0.3) is 0 Å². The smallest absolute Gasteiger partial charge is 0.319 e. The first kappa shape index (κ1) is 12.9. The van der Waals surface area contributed by atoms with Gasteiger partial charge in [0.15, 0.2) is 5.78 Å². The molecule has 0 radical (unpaired) electrons. The Hall–Kier alpha value is -2.10. The average molecular weight is 272 g/mol. The van der Waals surface area contributed by atoms with Crippen LogP contribution in [-0.2, 0) is 14.3 Å². The second-order valence-electron chi connectivity index (χ2n) is 5.17. The maximum Gasteiger partial charge on any atom is 0.319 e. The van der Waals surface area contributed by atoms with Crippen molar-refractivity contribution in [2.24, 2.45) is 5.41 Å². The molecule has 1 saturated carbocycles. The zero-order valence-electron chi connectivity index (χ0n) is 11.3. The Morgan fingerprint density at radius 1 is 1.20 bits per heavy atom. The number of carbonyl (C=O) groups excluding carboxylic acids is 2. The third-order valence-electron chi connectivity index (χ3n) is 3.94. The molecule has 0 spiro atoms. The molecule has 0 unspecified atom stereocenters. The van der Waals surface area contributed by atoms with E-state index < -0.39 is 5.41 Å². The number of benzene rings is 1. The molecular weight excluding hydrogens is 256 g/mol. The van der Waals surface area contributed by atoms with Crippen LogP contribution < -0.4 is 0 Å². The van der Waals surface area contributed by atoms with E-state index >= 15 is 0 Å². The summed E-state index contributed by atoms with van der Waals surface area (Å²) < 4.78 is 10.5. The van der Waals surface area contributed by atoms with Crippen LogP contribution in [0.2, 0.25) is 0 Å². The first-order valence-electron chi connectivity index (χ1n) is 6.73. The van der Waals surface area contributed by atoms with Crippen molar-refractivity contribution in [1.29, 1.82) is 0 Å². The van der Waals surface area contributed by atoms with Gasteiger partial charge in [0.1, 0.15) is 11.2 Å². The van der Waals surface area contributed by atoms with Gasteiger partial charge >= 0.3 is 5.97 Å². The summed E-state index contributed by atoms with van der Waals surface area (Å²) in [4.78, 5) is 24.5. The van der Waals surface area contributed by atoms with E-state index in [1.165, 1.54) is 7.11 Å². The lowest BCUT2D eigenvalue weighted by atomic mass is 9.94. The van der Waals surface area contributed by atoms with Crippen LogP contribution >= 0.6 is 0 Å². The highest BCUT2D eigenvalue weighted by molar-refractivity contribution is 6.10. The normalized spacial score (nSPS) is 19.4. The highest BCUT2D eigenvalue weighted by Crippen LogP contribution is 2.56. The molecule has 0 saturated heterocycles. The number of ketones is 1. The Bertz CT molecular complexity index is 582. The fourth-order valence-corrected chi connectivity index (χ4v) is 2.71. The van der Waals surface area contributed by atoms with Gasteiger partial charge in [0.2, 0.25) is 0 Å². The van der Waals surface area contributed by atoms with Crippen LogP contribution in [0.25, 0.3) is 0 Å². The van der Waals surface area contributed by atoms with E-state index in [0.29, 0.717) is 42.8 Å². The fourth-order valence-electron chi connectivity index (χ4n) is 2.71. The van der Waals surface area contributed by atoms with Gasteiger partial charge < -0.3 is 9.47 Å². The number of methoxy groups -OCH3 is 1. The SMILES string of the molecule is COC(=O)C1(C2=C(C(=O)c3ccccc3)CCO2)CC1. The van der Waals surface area contributed by atoms with E-state index in [1.807, 2.05) is 18.2 Å². The summed E-state index contributed by atoms with van der Waals surface area (Å²) in [6.45, 7) is 0.460. The molecule has 2 aliphatic rings. The van der Waals surface area contributed by atoms with E-state index in [9.17, 15) is 9.59 Å². The minimum absolute atomic E-state index is 0.0479. The molecule has 1 aromatic rings. The second-order valence-corrected chi connectivity index (χ2v) is 5.17. The monoisotopic (exact) mass is 272 g/mol. The van der Waals surface area contributed by atoms with Crippen molar-refractivity contribution in [2.45, 2.75) is 19.3 Å². The van der Waals surface area contributed by atoms with Crippen LogP contribution in [0, 0.1) is 5.41 Å². The van der Waals surface area contributed by atoms with Crippen LogP contribution in [0.1, 0.15) is 29.6 Å². The van der Waals surface area contributed by atoms with E-state index in [-0.39, 0.29) is 11.8 Å². The predicted molar refractivity (Wildman–Crippen MR) is 72.1 cm³/mol. The van der Waals surface area contributed by atoms with Crippen molar-refractivity contribution in [1.82, 2.24) is 0 Å². The molecule has 3 rings (SSSR count). The van der Waals surface area contributed by atoms with E-state index in [2.05, 4.69) is 0 Å². The van der Waals surface area contributed by atoms with Crippen molar-refractivity contribution in [3.63, 3.8) is 0 Å². The van der Waals surface area contributed by atoms with Crippen LogP contribution in [0.3, 0.4) is 0 Å². The van der Waals surface area contributed by atoms with Gasteiger partial charge in [-0.3, -0.25) is 9.59 Å². The Kier molecular flexibility index (Phi) is 3.08.